The van der Waals surface area contributed by atoms with Gasteiger partial charge in [0, 0.05) is 36.0 Å². The molecule has 1 aliphatic rings. The van der Waals surface area contributed by atoms with Gasteiger partial charge in [-0.1, -0.05) is 0 Å². The van der Waals surface area contributed by atoms with Crippen molar-refractivity contribution < 1.29 is 9.59 Å². The number of aryl methyl sites for hydroxylation is 1. The van der Waals surface area contributed by atoms with E-state index in [1.165, 1.54) is 18.2 Å². The molecule has 0 aliphatic heterocycles. The van der Waals surface area contributed by atoms with Crippen LogP contribution in [0.25, 0.3) is 16.6 Å². The molecule has 0 amide bonds. The Labute approximate surface area is 103 Å². The summed E-state index contributed by atoms with van der Waals surface area (Å²) in [5.41, 5.74) is 1.98. The van der Waals surface area contributed by atoms with E-state index in [1.54, 1.807) is 6.20 Å². The molecule has 0 unspecified atom stereocenters. The van der Waals surface area contributed by atoms with E-state index in [0.717, 1.165) is 16.6 Å². The first kappa shape index (κ1) is 10.7. The van der Waals surface area contributed by atoms with E-state index in [4.69, 9.17) is 0 Å². The molecule has 88 valence electrons. The monoisotopic (exact) mass is 238 g/mol. The first-order chi connectivity index (χ1) is 8.66. The first-order valence-corrected chi connectivity index (χ1v) is 5.55. The molecule has 1 aliphatic carbocycles. The molecule has 0 N–H and O–H groups in total. The molecular formula is C14H10N2O2. The van der Waals surface area contributed by atoms with Crippen LogP contribution >= 0.6 is 0 Å². The van der Waals surface area contributed by atoms with E-state index in [0.29, 0.717) is 5.57 Å². The topological polar surface area (TPSA) is 52.0 Å². The van der Waals surface area contributed by atoms with Crippen LogP contribution in [0, 0.1) is 0 Å². The average molecular weight is 238 g/mol. The van der Waals surface area contributed by atoms with Crippen molar-refractivity contribution in [2.45, 2.75) is 0 Å². The minimum atomic E-state index is -0.162. The van der Waals surface area contributed by atoms with Gasteiger partial charge in [0.1, 0.15) is 5.65 Å². The number of pyridine rings is 1. The van der Waals surface area contributed by atoms with Gasteiger partial charge in [-0.3, -0.25) is 9.59 Å². The molecule has 2 aromatic heterocycles. The van der Waals surface area contributed by atoms with Crippen LogP contribution in [0.15, 0.2) is 42.8 Å². The van der Waals surface area contributed by atoms with E-state index in [9.17, 15) is 9.59 Å². The van der Waals surface area contributed by atoms with Gasteiger partial charge in [0.25, 0.3) is 0 Å². The molecule has 4 heteroatoms. The second-order valence-electron chi connectivity index (χ2n) is 4.19. The summed E-state index contributed by atoms with van der Waals surface area (Å²) in [5.74, 6) is -0.309. The molecule has 18 heavy (non-hydrogen) atoms. The van der Waals surface area contributed by atoms with Crippen LogP contribution in [0.2, 0.25) is 0 Å². The molecular weight excluding hydrogens is 228 g/mol. The minimum Gasteiger partial charge on any atom is -0.335 e. The van der Waals surface area contributed by atoms with Crippen LogP contribution in [0.3, 0.4) is 0 Å². The summed E-state index contributed by atoms with van der Waals surface area (Å²) >= 11 is 0. The van der Waals surface area contributed by atoms with Gasteiger partial charge in [-0.15, -0.1) is 0 Å². The summed E-state index contributed by atoms with van der Waals surface area (Å²) < 4.78 is 1.85. The summed E-state index contributed by atoms with van der Waals surface area (Å²) in [6, 6.07) is 3.71. The Bertz CT molecular complexity index is 735. The summed E-state index contributed by atoms with van der Waals surface area (Å²) in [7, 11) is 1.87. The fourth-order valence-electron chi connectivity index (χ4n) is 2.15. The van der Waals surface area contributed by atoms with E-state index in [-0.39, 0.29) is 11.6 Å². The maximum Gasteiger partial charge on any atom is 0.186 e. The number of rotatable bonds is 1. The van der Waals surface area contributed by atoms with E-state index in [2.05, 4.69) is 4.98 Å². The lowest BCUT2D eigenvalue weighted by Crippen LogP contribution is -2.06. The van der Waals surface area contributed by atoms with Crippen molar-refractivity contribution in [2.75, 3.05) is 0 Å². The molecule has 0 fully saturated rings. The lowest BCUT2D eigenvalue weighted by atomic mass is 9.96. The summed E-state index contributed by atoms with van der Waals surface area (Å²) in [5, 5.41) is 0.878. The second-order valence-corrected chi connectivity index (χ2v) is 4.19. The molecule has 0 radical (unpaired) electrons. The van der Waals surface area contributed by atoms with Gasteiger partial charge in [-0.05, 0) is 30.4 Å². The van der Waals surface area contributed by atoms with Crippen molar-refractivity contribution in [3.05, 3.63) is 48.3 Å². The van der Waals surface area contributed by atoms with Gasteiger partial charge in [0.05, 0.1) is 0 Å². The summed E-state index contributed by atoms with van der Waals surface area (Å²) in [6.45, 7) is 0. The maximum absolute atomic E-state index is 11.9. The Balaban J connectivity index is 2.27. The number of carbonyl (C=O) groups excluding carboxylic acids is 2. The van der Waals surface area contributed by atoms with E-state index in [1.807, 2.05) is 29.9 Å². The number of hydrogen-bond acceptors (Lipinski definition) is 3. The predicted octanol–water partition coefficient (Wildman–Crippen LogP) is 1.66. The average Bonchev–Trinajstić information content (AvgIpc) is 2.71. The Morgan fingerprint density at radius 1 is 1.22 bits per heavy atom. The zero-order valence-corrected chi connectivity index (χ0v) is 9.75. The van der Waals surface area contributed by atoms with Crippen LogP contribution in [-0.4, -0.2) is 21.1 Å². The van der Waals surface area contributed by atoms with Crippen molar-refractivity contribution in [3.63, 3.8) is 0 Å². The van der Waals surface area contributed by atoms with Crippen molar-refractivity contribution in [1.29, 1.82) is 0 Å². The van der Waals surface area contributed by atoms with Gasteiger partial charge < -0.3 is 4.57 Å². The molecule has 0 saturated carbocycles. The largest absolute Gasteiger partial charge is 0.335 e. The predicted molar refractivity (Wildman–Crippen MR) is 67.8 cm³/mol. The smallest absolute Gasteiger partial charge is 0.186 e. The fraction of sp³-hybridized carbons (Fsp3) is 0.0714. The highest BCUT2D eigenvalue weighted by Gasteiger charge is 2.19. The van der Waals surface area contributed by atoms with Gasteiger partial charge in [-0.2, -0.15) is 0 Å². The van der Waals surface area contributed by atoms with Crippen LogP contribution in [0.1, 0.15) is 5.56 Å². The molecule has 0 spiro atoms. The van der Waals surface area contributed by atoms with Crippen molar-refractivity contribution >= 4 is 28.2 Å². The molecule has 4 nitrogen and oxygen atoms in total. The lowest BCUT2D eigenvalue weighted by Gasteiger charge is -2.05. The third-order valence-corrected chi connectivity index (χ3v) is 2.97. The highest BCUT2D eigenvalue weighted by Crippen LogP contribution is 2.27. The fourth-order valence-corrected chi connectivity index (χ4v) is 2.15. The first-order valence-electron chi connectivity index (χ1n) is 5.55. The van der Waals surface area contributed by atoms with Crippen LogP contribution < -0.4 is 0 Å². The number of ketones is 2. The van der Waals surface area contributed by atoms with E-state index >= 15 is 0 Å². The Hall–Kier alpha value is -2.49. The molecule has 0 atom stereocenters. The Kier molecular flexibility index (Phi) is 2.23. The zero-order valence-electron chi connectivity index (χ0n) is 9.75. The van der Waals surface area contributed by atoms with Crippen molar-refractivity contribution in [2.24, 2.45) is 7.05 Å². The number of fused-ring (bicyclic) bond motifs is 1. The SMILES string of the molecule is Cn1cc(C2=CC(=O)C=CC2=O)c2cccnc21. The maximum atomic E-state index is 11.9. The molecule has 3 rings (SSSR count). The Morgan fingerprint density at radius 3 is 2.89 bits per heavy atom. The third kappa shape index (κ3) is 1.50. The van der Waals surface area contributed by atoms with E-state index < -0.39 is 0 Å². The molecule has 0 bridgehead atoms. The molecule has 0 saturated heterocycles. The quantitative estimate of drug-likeness (QED) is 0.710. The highest BCUT2D eigenvalue weighted by atomic mass is 16.1. The summed E-state index contributed by atoms with van der Waals surface area (Å²) in [4.78, 5) is 27.5. The van der Waals surface area contributed by atoms with Gasteiger partial charge in [0.2, 0.25) is 0 Å². The number of carbonyl (C=O) groups is 2. The second kappa shape index (κ2) is 3.77. The Morgan fingerprint density at radius 2 is 2.06 bits per heavy atom. The van der Waals surface area contributed by atoms with Crippen molar-refractivity contribution in [3.8, 4) is 0 Å². The molecule has 2 heterocycles. The number of aromatic nitrogens is 2. The lowest BCUT2D eigenvalue weighted by molar-refractivity contribution is -0.113. The van der Waals surface area contributed by atoms with Gasteiger partial charge in [0.15, 0.2) is 11.6 Å². The zero-order chi connectivity index (χ0) is 12.7. The third-order valence-electron chi connectivity index (χ3n) is 2.97. The number of allylic oxidation sites excluding steroid dienone is 4. The number of hydrogen-bond donors (Lipinski definition) is 0. The van der Waals surface area contributed by atoms with Crippen molar-refractivity contribution in [1.82, 2.24) is 9.55 Å². The standard InChI is InChI=1S/C14H10N2O2/c1-16-8-12(10-3-2-6-15-14(10)16)11-7-9(17)4-5-13(11)18/h2-8H,1H3. The van der Waals surface area contributed by atoms with Gasteiger partial charge >= 0.3 is 0 Å². The highest BCUT2D eigenvalue weighted by molar-refractivity contribution is 6.35. The molecule has 2 aromatic rings. The van der Waals surface area contributed by atoms with Crippen LogP contribution in [0.5, 0.6) is 0 Å². The number of nitrogens with zero attached hydrogens (tertiary/aromatic N) is 2. The van der Waals surface area contributed by atoms with Crippen LogP contribution in [0.4, 0.5) is 0 Å². The molecule has 0 aromatic carbocycles. The van der Waals surface area contributed by atoms with Crippen LogP contribution in [-0.2, 0) is 16.6 Å². The normalized spacial score (nSPS) is 15.3. The van der Waals surface area contributed by atoms with Gasteiger partial charge in [-0.25, -0.2) is 4.98 Å². The minimum absolute atomic E-state index is 0.147. The summed E-state index contributed by atoms with van der Waals surface area (Å²) in [6.07, 6.45) is 7.51.